The van der Waals surface area contributed by atoms with Crippen molar-refractivity contribution in [1.82, 2.24) is 9.97 Å². The van der Waals surface area contributed by atoms with E-state index in [9.17, 15) is 5.11 Å². The van der Waals surface area contributed by atoms with Gasteiger partial charge in [-0.25, -0.2) is 9.97 Å². The van der Waals surface area contributed by atoms with Gasteiger partial charge < -0.3 is 5.11 Å². The molecule has 2 aromatic rings. The molecule has 0 fully saturated rings. The van der Waals surface area contributed by atoms with Crippen LogP contribution in [0.25, 0.3) is 11.4 Å². The van der Waals surface area contributed by atoms with Gasteiger partial charge in [0.25, 0.3) is 0 Å². The highest BCUT2D eigenvalue weighted by atomic mass is 16.3. The van der Waals surface area contributed by atoms with E-state index in [4.69, 9.17) is 5.26 Å². The third-order valence-corrected chi connectivity index (χ3v) is 3.40. The fourth-order valence-corrected chi connectivity index (χ4v) is 2.32. The molecule has 1 aliphatic rings. The molecule has 0 spiro atoms. The van der Waals surface area contributed by atoms with E-state index in [0.717, 1.165) is 29.7 Å². The molecule has 0 bridgehead atoms. The topological polar surface area (TPSA) is 69.8 Å². The first-order valence-electron chi connectivity index (χ1n) is 6.29. The molecule has 4 heteroatoms. The van der Waals surface area contributed by atoms with Crippen molar-refractivity contribution in [2.75, 3.05) is 0 Å². The van der Waals surface area contributed by atoms with Gasteiger partial charge in [0.05, 0.1) is 17.7 Å². The quantitative estimate of drug-likeness (QED) is 0.840. The van der Waals surface area contributed by atoms with Crippen LogP contribution in [0.15, 0.2) is 30.5 Å². The van der Waals surface area contributed by atoms with E-state index < -0.39 is 0 Å². The number of nitriles is 1. The summed E-state index contributed by atoms with van der Waals surface area (Å²) in [6.45, 7) is 0. The summed E-state index contributed by atoms with van der Waals surface area (Å²) in [5.41, 5.74) is 3.61. The SMILES string of the molecule is N#Cc1ccc(-c2ncc3c(n2)CCC(O)C3)cc1. The number of fused-ring (bicyclic) bond motifs is 1. The Morgan fingerprint density at radius 1 is 1.26 bits per heavy atom. The summed E-state index contributed by atoms with van der Waals surface area (Å²) in [6.07, 6.45) is 3.73. The second-order valence-electron chi connectivity index (χ2n) is 4.75. The Bertz CT molecular complexity index is 643. The fourth-order valence-electron chi connectivity index (χ4n) is 2.32. The van der Waals surface area contributed by atoms with E-state index in [1.807, 2.05) is 12.1 Å². The van der Waals surface area contributed by atoms with E-state index in [1.165, 1.54) is 0 Å². The Morgan fingerprint density at radius 3 is 2.79 bits per heavy atom. The van der Waals surface area contributed by atoms with Crippen LogP contribution in [0.3, 0.4) is 0 Å². The van der Waals surface area contributed by atoms with Gasteiger partial charge in [0.2, 0.25) is 0 Å². The molecule has 0 saturated carbocycles. The minimum absolute atomic E-state index is 0.267. The summed E-state index contributed by atoms with van der Waals surface area (Å²) >= 11 is 0. The third kappa shape index (κ3) is 2.33. The number of aliphatic hydroxyl groups excluding tert-OH is 1. The van der Waals surface area contributed by atoms with Crippen LogP contribution in [-0.2, 0) is 12.8 Å². The Kier molecular flexibility index (Phi) is 2.98. The molecule has 19 heavy (non-hydrogen) atoms. The minimum atomic E-state index is -0.267. The van der Waals surface area contributed by atoms with Crippen LogP contribution in [-0.4, -0.2) is 21.2 Å². The van der Waals surface area contributed by atoms with Gasteiger partial charge in [-0.05, 0) is 42.7 Å². The maximum absolute atomic E-state index is 9.61. The summed E-state index contributed by atoms with van der Waals surface area (Å²) < 4.78 is 0. The van der Waals surface area contributed by atoms with Crippen molar-refractivity contribution in [2.45, 2.75) is 25.4 Å². The number of rotatable bonds is 1. The Labute approximate surface area is 111 Å². The van der Waals surface area contributed by atoms with Gasteiger partial charge in [-0.3, -0.25) is 0 Å². The highest BCUT2D eigenvalue weighted by molar-refractivity contribution is 5.56. The predicted molar refractivity (Wildman–Crippen MR) is 70.2 cm³/mol. The zero-order chi connectivity index (χ0) is 13.2. The normalized spacial score (nSPS) is 17.6. The van der Waals surface area contributed by atoms with Crippen molar-refractivity contribution in [3.05, 3.63) is 47.3 Å². The Balaban J connectivity index is 1.95. The number of hydrogen-bond acceptors (Lipinski definition) is 4. The van der Waals surface area contributed by atoms with Gasteiger partial charge in [-0.1, -0.05) is 0 Å². The van der Waals surface area contributed by atoms with Gasteiger partial charge in [-0.15, -0.1) is 0 Å². The molecule has 0 aliphatic heterocycles. The van der Waals surface area contributed by atoms with E-state index in [1.54, 1.807) is 18.3 Å². The molecule has 1 heterocycles. The third-order valence-electron chi connectivity index (χ3n) is 3.40. The molecular weight excluding hydrogens is 238 g/mol. The van der Waals surface area contributed by atoms with Crippen LogP contribution in [0.4, 0.5) is 0 Å². The Morgan fingerprint density at radius 2 is 2.05 bits per heavy atom. The van der Waals surface area contributed by atoms with Crippen LogP contribution >= 0.6 is 0 Å². The highest BCUT2D eigenvalue weighted by Crippen LogP contribution is 2.22. The monoisotopic (exact) mass is 251 g/mol. The summed E-state index contributed by atoms with van der Waals surface area (Å²) in [5.74, 6) is 0.680. The molecule has 1 N–H and O–H groups in total. The van der Waals surface area contributed by atoms with Gasteiger partial charge in [-0.2, -0.15) is 5.26 Å². The van der Waals surface area contributed by atoms with Gasteiger partial charge in [0.15, 0.2) is 5.82 Å². The molecule has 0 radical (unpaired) electrons. The number of aliphatic hydroxyl groups is 1. The molecule has 1 aromatic carbocycles. The zero-order valence-corrected chi connectivity index (χ0v) is 10.4. The molecule has 0 amide bonds. The molecule has 94 valence electrons. The zero-order valence-electron chi connectivity index (χ0n) is 10.4. The number of benzene rings is 1. The lowest BCUT2D eigenvalue weighted by Crippen LogP contribution is -2.20. The smallest absolute Gasteiger partial charge is 0.159 e. The summed E-state index contributed by atoms with van der Waals surface area (Å²) in [4.78, 5) is 8.92. The van der Waals surface area contributed by atoms with E-state index in [2.05, 4.69) is 16.0 Å². The molecule has 4 nitrogen and oxygen atoms in total. The highest BCUT2D eigenvalue weighted by Gasteiger charge is 2.18. The van der Waals surface area contributed by atoms with Gasteiger partial charge >= 0.3 is 0 Å². The molecular formula is C15H13N3O. The molecule has 1 aromatic heterocycles. The average Bonchev–Trinajstić information content (AvgIpc) is 2.47. The molecule has 1 atom stereocenters. The van der Waals surface area contributed by atoms with Crippen molar-refractivity contribution in [3.63, 3.8) is 0 Å². The summed E-state index contributed by atoms with van der Waals surface area (Å²) in [7, 11) is 0. The van der Waals surface area contributed by atoms with Crippen molar-refractivity contribution in [2.24, 2.45) is 0 Å². The van der Waals surface area contributed by atoms with Crippen LogP contribution in [0, 0.1) is 11.3 Å². The summed E-state index contributed by atoms with van der Waals surface area (Å²) in [6, 6.07) is 9.34. The largest absolute Gasteiger partial charge is 0.393 e. The van der Waals surface area contributed by atoms with Crippen LogP contribution in [0.2, 0.25) is 0 Å². The standard InChI is InChI=1S/C15H13N3O/c16-8-10-1-3-11(4-2-10)15-17-9-12-7-13(19)5-6-14(12)18-15/h1-4,9,13,19H,5-7H2. The van der Waals surface area contributed by atoms with Crippen LogP contribution in [0.5, 0.6) is 0 Å². The fraction of sp³-hybridized carbons (Fsp3) is 0.267. The molecule has 0 saturated heterocycles. The first-order chi connectivity index (χ1) is 9.26. The lowest BCUT2D eigenvalue weighted by molar-refractivity contribution is 0.157. The lowest BCUT2D eigenvalue weighted by atomic mass is 9.95. The average molecular weight is 251 g/mol. The van der Waals surface area contributed by atoms with E-state index in [-0.39, 0.29) is 6.10 Å². The molecule has 3 rings (SSSR count). The number of nitrogens with zero attached hydrogens (tertiary/aromatic N) is 3. The van der Waals surface area contributed by atoms with Crippen molar-refractivity contribution >= 4 is 0 Å². The van der Waals surface area contributed by atoms with E-state index in [0.29, 0.717) is 17.8 Å². The maximum atomic E-state index is 9.61. The number of aromatic nitrogens is 2. The first kappa shape index (κ1) is 11.8. The van der Waals surface area contributed by atoms with Crippen molar-refractivity contribution in [1.29, 1.82) is 5.26 Å². The first-order valence-corrected chi connectivity index (χ1v) is 6.29. The van der Waals surface area contributed by atoms with Crippen LogP contribution in [0.1, 0.15) is 23.2 Å². The van der Waals surface area contributed by atoms with Gasteiger partial charge in [0, 0.05) is 23.9 Å². The summed E-state index contributed by atoms with van der Waals surface area (Å²) in [5, 5.41) is 18.4. The second-order valence-corrected chi connectivity index (χ2v) is 4.75. The van der Waals surface area contributed by atoms with E-state index >= 15 is 0 Å². The second kappa shape index (κ2) is 4.79. The van der Waals surface area contributed by atoms with Crippen molar-refractivity contribution < 1.29 is 5.11 Å². The van der Waals surface area contributed by atoms with Crippen LogP contribution < -0.4 is 0 Å². The Hall–Kier alpha value is -2.25. The number of aryl methyl sites for hydroxylation is 1. The number of hydrogen-bond donors (Lipinski definition) is 1. The van der Waals surface area contributed by atoms with Crippen molar-refractivity contribution in [3.8, 4) is 17.5 Å². The maximum Gasteiger partial charge on any atom is 0.159 e. The van der Waals surface area contributed by atoms with Gasteiger partial charge in [0.1, 0.15) is 0 Å². The molecule has 1 aliphatic carbocycles. The predicted octanol–water partition coefficient (Wildman–Crippen LogP) is 1.86. The molecule has 1 unspecified atom stereocenters. The minimum Gasteiger partial charge on any atom is -0.393 e. The lowest BCUT2D eigenvalue weighted by Gasteiger charge is -2.19.